The molecule has 164 valence electrons. The fraction of sp³-hybridized carbons (Fsp3) is 0.227. The van der Waals surface area contributed by atoms with E-state index in [-0.39, 0.29) is 10.5 Å². The lowest BCUT2D eigenvalue weighted by atomic mass is 10.0. The van der Waals surface area contributed by atoms with E-state index in [4.69, 9.17) is 23.2 Å². The number of aromatic nitrogens is 4. The SMILES string of the molecule is CCn1cc(-n2c(Cl)c(Sc3cccc(C4(C(=O)O)CC4)n3)c3ccc(Cl)c(F)c32)cn1. The van der Waals surface area contributed by atoms with Gasteiger partial charge >= 0.3 is 5.97 Å². The first-order valence-electron chi connectivity index (χ1n) is 9.95. The van der Waals surface area contributed by atoms with Crippen molar-refractivity contribution in [3.8, 4) is 5.69 Å². The number of aliphatic carboxylic acids is 1. The molecule has 0 atom stereocenters. The van der Waals surface area contributed by atoms with Crippen LogP contribution in [0.15, 0.2) is 52.6 Å². The first kappa shape index (κ1) is 21.3. The van der Waals surface area contributed by atoms with E-state index in [2.05, 4.69) is 10.1 Å². The zero-order valence-electron chi connectivity index (χ0n) is 16.8. The number of benzene rings is 1. The second kappa shape index (κ2) is 7.79. The van der Waals surface area contributed by atoms with Crippen molar-refractivity contribution in [2.75, 3.05) is 0 Å². The van der Waals surface area contributed by atoms with Crippen LogP contribution in [0, 0.1) is 5.82 Å². The Morgan fingerprint density at radius 3 is 2.72 bits per heavy atom. The number of carboxylic acids is 1. The number of hydrogen-bond acceptors (Lipinski definition) is 4. The second-order valence-electron chi connectivity index (χ2n) is 7.62. The molecule has 3 aromatic heterocycles. The van der Waals surface area contributed by atoms with Gasteiger partial charge in [-0.1, -0.05) is 41.0 Å². The van der Waals surface area contributed by atoms with E-state index in [1.165, 1.54) is 17.8 Å². The molecule has 0 radical (unpaired) electrons. The smallest absolute Gasteiger partial charge is 0.315 e. The van der Waals surface area contributed by atoms with E-state index in [0.29, 0.717) is 51.2 Å². The van der Waals surface area contributed by atoms with Crippen molar-refractivity contribution in [3.63, 3.8) is 0 Å². The fourth-order valence-electron chi connectivity index (χ4n) is 3.78. The number of rotatable bonds is 6. The van der Waals surface area contributed by atoms with Gasteiger partial charge in [0, 0.05) is 18.1 Å². The molecule has 0 saturated heterocycles. The molecular weight excluding hydrogens is 474 g/mol. The number of halogens is 3. The molecule has 0 aliphatic heterocycles. The van der Waals surface area contributed by atoms with Crippen LogP contribution in [0.1, 0.15) is 25.5 Å². The summed E-state index contributed by atoms with van der Waals surface area (Å²) in [5.41, 5.74) is 0.469. The first-order valence-corrected chi connectivity index (χ1v) is 11.5. The van der Waals surface area contributed by atoms with Crippen LogP contribution in [0.25, 0.3) is 16.6 Å². The quantitative estimate of drug-likeness (QED) is 0.361. The van der Waals surface area contributed by atoms with Crippen LogP contribution in [0.2, 0.25) is 10.2 Å². The molecule has 0 spiro atoms. The summed E-state index contributed by atoms with van der Waals surface area (Å²) in [7, 11) is 0. The molecule has 0 amide bonds. The zero-order valence-corrected chi connectivity index (χ0v) is 19.2. The van der Waals surface area contributed by atoms with Crippen LogP contribution in [-0.2, 0) is 16.8 Å². The number of carboxylic acid groups (broad SMARTS) is 1. The lowest BCUT2D eigenvalue weighted by molar-refractivity contribution is -0.140. The monoisotopic (exact) mass is 490 g/mol. The van der Waals surface area contributed by atoms with Crippen molar-refractivity contribution >= 4 is 51.8 Å². The Labute approximate surface area is 197 Å². The van der Waals surface area contributed by atoms with E-state index in [1.54, 1.807) is 45.9 Å². The van der Waals surface area contributed by atoms with Gasteiger partial charge in [0.1, 0.15) is 15.6 Å². The minimum atomic E-state index is -0.914. The molecule has 4 aromatic rings. The van der Waals surface area contributed by atoms with Gasteiger partial charge in [-0.05, 0) is 44.0 Å². The van der Waals surface area contributed by atoms with E-state index in [9.17, 15) is 9.90 Å². The maximum absolute atomic E-state index is 15.2. The highest BCUT2D eigenvalue weighted by atomic mass is 35.5. The minimum absolute atomic E-state index is 0.00962. The number of carbonyl (C=O) groups is 1. The summed E-state index contributed by atoms with van der Waals surface area (Å²) in [5, 5.41) is 15.3. The highest BCUT2D eigenvalue weighted by Crippen LogP contribution is 2.49. The predicted molar refractivity (Wildman–Crippen MR) is 122 cm³/mol. The van der Waals surface area contributed by atoms with Crippen molar-refractivity contribution < 1.29 is 14.3 Å². The van der Waals surface area contributed by atoms with Crippen LogP contribution in [0.5, 0.6) is 0 Å². The summed E-state index contributed by atoms with van der Waals surface area (Å²) in [6.07, 6.45) is 4.53. The van der Waals surface area contributed by atoms with Gasteiger partial charge in [0.15, 0.2) is 5.82 Å². The van der Waals surface area contributed by atoms with Crippen molar-refractivity contribution in [2.24, 2.45) is 0 Å². The first-order chi connectivity index (χ1) is 15.4. The van der Waals surface area contributed by atoms with Gasteiger partial charge in [-0.2, -0.15) is 5.10 Å². The third-order valence-corrected chi connectivity index (χ3v) is 7.52. The maximum atomic E-state index is 15.2. The van der Waals surface area contributed by atoms with Gasteiger partial charge in [0.25, 0.3) is 0 Å². The van der Waals surface area contributed by atoms with Crippen LogP contribution >= 0.6 is 35.0 Å². The third-order valence-electron chi connectivity index (χ3n) is 5.70. The van der Waals surface area contributed by atoms with Crippen LogP contribution < -0.4 is 0 Å². The van der Waals surface area contributed by atoms with Gasteiger partial charge in [-0.15, -0.1) is 0 Å². The van der Waals surface area contributed by atoms with E-state index < -0.39 is 17.2 Å². The van der Waals surface area contributed by atoms with Gasteiger partial charge in [-0.25, -0.2) is 9.37 Å². The molecule has 0 bridgehead atoms. The number of aryl methyl sites for hydroxylation is 1. The van der Waals surface area contributed by atoms with Crippen LogP contribution in [0.3, 0.4) is 0 Å². The van der Waals surface area contributed by atoms with Gasteiger partial charge in [0.2, 0.25) is 0 Å². The lowest BCUT2D eigenvalue weighted by Crippen LogP contribution is -2.20. The van der Waals surface area contributed by atoms with E-state index in [0.717, 1.165) is 0 Å². The summed E-state index contributed by atoms with van der Waals surface area (Å²) >= 11 is 14.1. The van der Waals surface area contributed by atoms with Crippen LogP contribution in [0.4, 0.5) is 4.39 Å². The second-order valence-corrected chi connectivity index (χ2v) is 9.41. The van der Waals surface area contributed by atoms with Gasteiger partial charge < -0.3 is 5.11 Å². The molecule has 32 heavy (non-hydrogen) atoms. The van der Waals surface area contributed by atoms with E-state index >= 15 is 4.39 Å². The molecule has 0 unspecified atom stereocenters. The average molecular weight is 491 g/mol. The molecule has 3 heterocycles. The number of pyridine rings is 1. The third kappa shape index (κ3) is 3.29. The maximum Gasteiger partial charge on any atom is 0.315 e. The predicted octanol–water partition coefficient (Wildman–Crippen LogP) is 5.96. The largest absolute Gasteiger partial charge is 0.481 e. The van der Waals surface area contributed by atoms with E-state index in [1.807, 2.05) is 6.92 Å². The molecule has 5 rings (SSSR count). The molecule has 1 aliphatic rings. The Bertz CT molecular complexity index is 1380. The summed E-state index contributed by atoms with van der Waals surface area (Å²) in [4.78, 5) is 16.9. The van der Waals surface area contributed by atoms with Crippen LogP contribution in [-0.4, -0.2) is 30.4 Å². The van der Waals surface area contributed by atoms with Gasteiger partial charge in [-0.3, -0.25) is 14.0 Å². The molecule has 1 saturated carbocycles. The Kier molecular flexibility index (Phi) is 5.19. The van der Waals surface area contributed by atoms with Gasteiger partial charge in [0.05, 0.1) is 33.0 Å². The molecule has 6 nitrogen and oxygen atoms in total. The highest BCUT2D eigenvalue weighted by Gasteiger charge is 2.53. The summed E-state index contributed by atoms with van der Waals surface area (Å²) in [6.45, 7) is 2.61. The minimum Gasteiger partial charge on any atom is -0.481 e. The number of fused-ring (bicyclic) bond motifs is 1. The average Bonchev–Trinajstić information content (AvgIpc) is 3.40. The topological polar surface area (TPSA) is 72.9 Å². The Hall–Kier alpha value is -2.55. The fourth-order valence-corrected chi connectivity index (χ4v) is 5.28. The highest BCUT2D eigenvalue weighted by molar-refractivity contribution is 7.99. The number of hydrogen-bond donors (Lipinski definition) is 1. The normalized spacial score (nSPS) is 14.8. The number of nitrogens with zero attached hydrogens (tertiary/aromatic N) is 4. The molecular formula is C22H17Cl2FN4O2S. The van der Waals surface area contributed by atoms with Crippen molar-refractivity contribution in [1.29, 1.82) is 0 Å². The Morgan fingerprint density at radius 1 is 1.28 bits per heavy atom. The molecule has 1 fully saturated rings. The molecule has 1 aliphatic carbocycles. The van der Waals surface area contributed by atoms with Crippen molar-refractivity contribution in [1.82, 2.24) is 19.3 Å². The molecule has 1 N–H and O–H groups in total. The van der Waals surface area contributed by atoms with Crippen molar-refractivity contribution in [3.05, 3.63) is 64.4 Å². The zero-order chi connectivity index (χ0) is 22.6. The standard InChI is InChI=1S/C22H17Cl2FN4O2S/c1-2-28-11-12(10-26-28)29-18-13(6-7-14(23)17(18)25)19(20(29)24)32-16-5-3-4-15(27-16)22(8-9-22)21(30)31/h3-7,10-11H,2,8-9H2,1H3,(H,30,31). The Balaban J connectivity index is 1.65. The lowest BCUT2D eigenvalue weighted by Gasteiger charge is -2.10. The summed E-state index contributed by atoms with van der Waals surface area (Å²) < 4.78 is 18.5. The summed E-state index contributed by atoms with van der Waals surface area (Å²) in [5.74, 6) is -1.45. The van der Waals surface area contributed by atoms with Crippen molar-refractivity contribution in [2.45, 2.75) is 41.6 Å². The molecule has 1 aromatic carbocycles. The Morgan fingerprint density at radius 2 is 2.06 bits per heavy atom. The summed E-state index contributed by atoms with van der Waals surface area (Å²) in [6, 6.07) is 8.51. The molecule has 10 heteroatoms.